The van der Waals surface area contributed by atoms with Gasteiger partial charge in [0, 0.05) is 5.56 Å². The smallest absolute Gasteiger partial charge is 0.281 e. The highest BCUT2D eigenvalue weighted by molar-refractivity contribution is 5.91. The standard InChI is InChI=1S/C21H20N2O3/c1-15-13-17(16(2)26-15)14-22-23-20(24)21(25,18-9-5-3-6-10-18)19-11-7-4-8-12-19/h3-14,25H,1-2H3,(H,23,24)/b22-14+. The van der Waals surface area contributed by atoms with Crippen molar-refractivity contribution in [2.75, 3.05) is 0 Å². The maximum Gasteiger partial charge on any atom is 0.281 e. The van der Waals surface area contributed by atoms with E-state index in [1.54, 1.807) is 48.5 Å². The lowest BCUT2D eigenvalue weighted by molar-refractivity contribution is -0.136. The normalized spacial score (nSPS) is 11.7. The molecule has 26 heavy (non-hydrogen) atoms. The van der Waals surface area contributed by atoms with Crippen LogP contribution in [0.25, 0.3) is 0 Å². The van der Waals surface area contributed by atoms with Crippen LogP contribution in [0.2, 0.25) is 0 Å². The van der Waals surface area contributed by atoms with Crippen molar-refractivity contribution in [3.05, 3.63) is 94.9 Å². The van der Waals surface area contributed by atoms with Gasteiger partial charge in [-0.15, -0.1) is 0 Å². The number of nitrogens with one attached hydrogen (secondary N) is 1. The lowest BCUT2D eigenvalue weighted by Gasteiger charge is -2.27. The van der Waals surface area contributed by atoms with Gasteiger partial charge in [-0.2, -0.15) is 5.10 Å². The van der Waals surface area contributed by atoms with Gasteiger partial charge in [0.05, 0.1) is 6.21 Å². The van der Waals surface area contributed by atoms with E-state index in [2.05, 4.69) is 10.5 Å². The number of furan rings is 1. The van der Waals surface area contributed by atoms with Gasteiger partial charge in [-0.3, -0.25) is 4.79 Å². The second-order valence-electron chi connectivity index (χ2n) is 6.01. The van der Waals surface area contributed by atoms with Crippen LogP contribution in [-0.2, 0) is 10.4 Å². The molecule has 0 bridgehead atoms. The second kappa shape index (κ2) is 7.37. The summed E-state index contributed by atoms with van der Waals surface area (Å²) in [6.45, 7) is 3.66. The first-order valence-corrected chi connectivity index (χ1v) is 8.26. The van der Waals surface area contributed by atoms with Crippen molar-refractivity contribution in [2.45, 2.75) is 19.4 Å². The molecule has 3 aromatic rings. The molecule has 0 unspecified atom stereocenters. The van der Waals surface area contributed by atoms with Crippen molar-refractivity contribution >= 4 is 12.1 Å². The minimum absolute atomic E-state index is 0.467. The van der Waals surface area contributed by atoms with Crippen LogP contribution in [0.5, 0.6) is 0 Å². The van der Waals surface area contributed by atoms with Crippen LogP contribution in [0.1, 0.15) is 28.2 Å². The fourth-order valence-electron chi connectivity index (χ4n) is 2.81. The van der Waals surface area contributed by atoms with Gasteiger partial charge in [0.15, 0.2) is 5.60 Å². The number of amides is 1. The Bertz CT molecular complexity index is 875. The third kappa shape index (κ3) is 3.43. The lowest BCUT2D eigenvalue weighted by Crippen LogP contribution is -2.43. The maximum absolute atomic E-state index is 12.8. The number of carbonyl (C=O) groups excluding carboxylic acids is 1. The zero-order valence-electron chi connectivity index (χ0n) is 14.6. The summed E-state index contributed by atoms with van der Waals surface area (Å²) >= 11 is 0. The molecule has 5 nitrogen and oxygen atoms in total. The monoisotopic (exact) mass is 348 g/mol. The third-order valence-electron chi connectivity index (χ3n) is 4.16. The molecular weight excluding hydrogens is 328 g/mol. The highest BCUT2D eigenvalue weighted by Gasteiger charge is 2.39. The molecule has 5 heteroatoms. The van der Waals surface area contributed by atoms with Crippen LogP contribution in [0.15, 0.2) is 76.2 Å². The fourth-order valence-corrected chi connectivity index (χ4v) is 2.81. The van der Waals surface area contributed by atoms with Crippen molar-refractivity contribution in [1.82, 2.24) is 5.43 Å². The Balaban J connectivity index is 1.90. The van der Waals surface area contributed by atoms with Gasteiger partial charge in [0.2, 0.25) is 0 Å². The first-order chi connectivity index (χ1) is 12.5. The number of benzene rings is 2. The van der Waals surface area contributed by atoms with Crippen LogP contribution >= 0.6 is 0 Å². The molecule has 0 aliphatic heterocycles. The minimum Gasteiger partial charge on any atom is -0.466 e. The third-order valence-corrected chi connectivity index (χ3v) is 4.16. The molecule has 0 aliphatic rings. The van der Waals surface area contributed by atoms with Crippen molar-refractivity contribution in [3.63, 3.8) is 0 Å². The van der Waals surface area contributed by atoms with Gasteiger partial charge in [-0.1, -0.05) is 60.7 Å². The summed E-state index contributed by atoms with van der Waals surface area (Å²) in [7, 11) is 0. The molecule has 0 saturated carbocycles. The first-order valence-electron chi connectivity index (χ1n) is 8.26. The molecule has 1 heterocycles. The summed E-state index contributed by atoms with van der Waals surface area (Å²) in [5, 5.41) is 15.3. The van der Waals surface area contributed by atoms with E-state index in [1.165, 1.54) is 6.21 Å². The number of hydrogen-bond acceptors (Lipinski definition) is 4. The molecule has 3 rings (SSSR count). The Morgan fingerprint density at radius 3 is 2.04 bits per heavy atom. The quantitative estimate of drug-likeness (QED) is 0.549. The van der Waals surface area contributed by atoms with Crippen LogP contribution in [0, 0.1) is 13.8 Å². The summed E-state index contributed by atoms with van der Waals surface area (Å²) in [6.07, 6.45) is 1.50. The van der Waals surface area contributed by atoms with E-state index in [9.17, 15) is 9.90 Å². The Morgan fingerprint density at radius 2 is 1.58 bits per heavy atom. The van der Waals surface area contributed by atoms with E-state index in [0.29, 0.717) is 16.9 Å². The maximum atomic E-state index is 12.8. The molecule has 1 aromatic heterocycles. The highest BCUT2D eigenvalue weighted by Crippen LogP contribution is 2.29. The van der Waals surface area contributed by atoms with E-state index < -0.39 is 11.5 Å². The molecule has 0 spiro atoms. The summed E-state index contributed by atoms with van der Waals surface area (Å²) in [4.78, 5) is 12.8. The number of aryl methyl sites for hydroxylation is 2. The van der Waals surface area contributed by atoms with E-state index in [-0.39, 0.29) is 0 Å². The number of nitrogens with zero attached hydrogens (tertiary/aromatic N) is 1. The Hall–Kier alpha value is -3.18. The average molecular weight is 348 g/mol. The molecule has 132 valence electrons. The van der Waals surface area contributed by atoms with E-state index in [1.807, 2.05) is 32.0 Å². The lowest BCUT2D eigenvalue weighted by atomic mass is 9.85. The minimum atomic E-state index is -1.85. The molecule has 2 aromatic carbocycles. The summed E-state index contributed by atoms with van der Waals surface area (Å²) < 4.78 is 5.42. The van der Waals surface area contributed by atoms with E-state index >= 15 is 0 Å². The van der Waals surface area contributed by atoms with Crippen molar-refractivity contribution in [1.29, 1.82) is 0 Å². The van der Waals surface area contributed by atoms with Gasteiger partial charge < -0.3 is 9.52 Å². The van der Waals surface area contributed by atoms with Crippen molar-refractivity contribution in [3.8, 4) is 0 Å². The van der Waals surface area contributed by atoms with Gasteiger partial charge >= 0.3 is 0 Å². The Labute approximate surface area is 152 Å². The summed E-state index contributed by atoms with van der Waals surface area (Å²) in [5.74, 6) is 0.839. The van der Waals surface area contributed by atoms with Gasteiger partial charge in [-0.05, 0) is 31.0 Å². The molecule has 2 N–H and O–H groups in total. The van der Waals surface area contributed by atoms with E-state index in [0.717, 1.165) is 11.3 Å². The Morgan fingerprint density at radius 1 is 1.04 bits per heavy atom. The predicted molar refractivity (Wildman–Crippen MR) is 99.8 cm³/mol. The van der Waals surface area contributed by atoms with Gasteiger partial charge in [0.25, 0.3) is 5.91 Å². The summed E-state index contributed by atoms with van der Waals surface area (Å²) in [6, 6.07) is 19.4. The topological polar surface area (TPSA) is 74.8 Å². The number of hydrazone groups is 1. The molecule has 0 aliphatic carbocycles. The number of hydrogen-bond donors (Lipinski definition) is 2. The fraction of sp³-hybridized carbons (Fsp3) is 0.143. The summed E-state index contributed by atoms with van der Waals surface area (Å²) in [5.41, 5.74) is 2.30. The molecule has 0 radical (unpaired) electrons. The zero-order valence-corrected chi connectivity index (χ0v) is 14.6. The number of rotatable bonds is 5. The van der Waals surface area contributed by atoms with E-state index in [4.69, 9.17) is 4.42 Å². The molecule has 0 fully saturated rings. The molecular formula is C21H20N2O3. The van der Waals surface area contributed by atoms with Crippen LogP contribution in [0.4, 0.5) is 0 Å². The predicted octanol–water partition coefficient (Wildman–Crippen LogP) is 3.28. The van der Waals surface area contributed by atoms with Gasteiger partial charge in [0.1, 0.15) is 11.5 Å². The number of aliphatic hydroxyl groups is 1. The largest absolute Gasteiger partial charge is 0.466 e. The van der Waals surface area contributed by atoms with Crippen LogP contribution in [0.3, 0.4) is 0 Å². The zero-order chi connectivity index (χ0) is 18.6. The molecule has 0 atom stereocenters. The van der Waals surface area contributed by atoms with Crippen molar-refractivity contribution < 1.29 is 14.3 Å². The van der Waals surface area contributed by atoms with Gasteiger partial charge in [-0.25, -0.2) is 5.43 Å². The average Bonchev–Trinajstić information content (AvgIpc) is 2.99. The van der Waals surface area contributed by atoms with Crippen LogP contribution in [-0.4, -0.2) is 17.2 Å². The first kappa shape index (κ1) is 17.6. The SMILES string of the molecule is Cc1cc(/C=N/NC(=O)C(O)(c2ccccc2)c2ccccc2)c(C)o1. The van der Waals surface area contributed by atoms with Crippen molar-refractivity contribution in [2.24, 2.45) is 5.10 Å². The number of carbonyl (C=O) groups is 1. The molecule has 0 saturated heterocycles. The van der Waals surface area contributed by atoms with Crippen LogP contribution < -0.4 is 5.43 Å². The second-order valence-corrected chi connectivity index (χ2v) is 6.01. The highest BCUT2D eigenvalue weighted by atomic mass is 16.3. The Kier molecular flexibility index (Phi) is 5.00. The molecule has 1 amide bonds.